The summed E-state index contributed by atoms with van der Waals surface area (Å²) in [6.07, 6.45) is 26.2. The van der Waals surface area contributed by atoms with Crippen LogP contribution >= 0.6 is 0 Å². The zero-order chi connectivity index (χ0) is 22.7. The molecule has 32 heavy (non-hydrogen) atoms. The van der Waals surface area contributed by atoms with Crippen molar-refractivity contribution in [2.75, 3.05) is 6.61 Å². The van der Waals surface area contributed by atoms with Crippen molar-refractivity contribution in [3.63, 3.8) is 0 Å². The van der Waals surface area contributed by atoms with E-state index < -0.39 is 0 Å². The highest BCUT2D eigenvalue weighted by atomic mass is 16.5. The first-order valence-corrected chi connectivity index (χ1v) is 13.0. The molecule has 0 amide bonds. The van der Waals surface area contributed by atoms with E-state index in [1.54, 1.807) is 0 Å². The van der Waals surface area contributed by atoms with E-state index in [-0.39, 0.29) is 0 Å². The molecule has 0 aliphatic rings. The third kappa shape index (κ3) is 11.5. The van der Waals surface area contributed by atoms with E-state index in [1.807, 2.05) is 24.5 Å². The molecule has 0 aliphatic carbocycles. The fourth-order valence-corrected chi connectivity index (χ4v) is 3.75. The fourth-order valence-electron chi connectivity index (χ4n) is 3.75. The lowest BCUT2D eigenvalue weighted by Crippen LogP contribution is -1.97. The first kappa shape index (κ1) is 26.1. The second-order valence-corrected chi connectivity index (χ2v) is 8.77. The Morgan fingerprint density at radius 2 is 1.34 bits per heavy atom. The Morgan fingerprint density at radius 1 is 0.688 bits per heavy atom. The van der Waals surface area contributed by atoms with Crippen LogP contribution in [0.3, 0.4) is 0 Å². The van der Waals surface area contributed by atoms with Crippen molar-refractivity contribution in [3.8, 4) is 17.1 Å². The monoisotopic (exact) mass is 436 g/mol. The lowest BCUT2D eigenvalue weighted by molar-refractivity contribution is 0.305. The maximum Gasteiger partial charge on any atom is 0.159 e. The third-order valence-corrected chi connectivity index (χ3v) is 5.79. The van der Waals surface area contributed by atoms with E-state index in [4.69, 9.17) is 4.74 Å². The SMILES string of the molecule is CCC/C=C\CCCCCCOc1ccc(-c2ncc(CCCCCCCC)cn2)cc1. The van der Waals surface area contributed by atoms with E-state index in [0.29, 0.717) is 0 Å². The van der Waals surface area contributed by atoms with Crippen molar-refractivity contribution < 1.29 is 4.74 Å². The zero-order valence-corrected chi connectivity index (χ0v) is 20.5. The molecule has 176 valence electrons. The average molecular weight is 437 g/mol. The van der Waals surface area contributed by atoms with Gasteiger partial charge in [-0.2, -0.15) is 0 Å². The van der Waals surface area contributed by atoms with Gasteiger partial charge in [0.25, 0.3) is 0 Å². The van der Waals surface area contributed by atoms with E-state index in [9.17, 15) is 0 Å². The smallest absolute Gasteiger partial charge is 0.159 e. The second-order valence-electron chi connectivity index (χ2n) is 8.77. The topological polar surface area (TPSA) is 35.0 Å². The normalized spacial score (nSPS) is 11.3. The molecule has 0 aliphatic heterocycles. The predicted octanol–water partition coefficient (Wildman–Crippen LogP) is 8.73. The Balaban J connectivity index is 1.61. The molecule has 1 heterocycles. The van der Waals surface area contributed by atoms with Crippen molar-refractivity contribution >= 4 is 0 Å². The highest BCUT2D eigenvalue weighted by molar-refractivity contribution is 5.55. The minimum atomic E-state index is 0.786. The molecule has 0 fully saturated rings. The van der Waals surface area contributed by atoms with Gasteiger partial charge in [-0.15, -0.1) is 0 Å². The maximum absolute atomic E-state index is 5.90. The summed E-state index contributed by atoms with van der Waals surface area (Å²) in [6.45, 7) is 5.27. The molecule has 2 aromatic rings. The maximum atomic E-state index is 5.90. The molecule has 0 radical (unpaired) electrons. The lowest BCUT2D eigenvalue weighted by Gasteiger charge is -2.07. The van der Waals surface area contributed by atoms with Gasteiger partial charge in [-0.05, 0) is 68.4 Å². The summed E-state index contributed by atoms with van der Waals surface area (Å²) in [5, 5.41) is 0. The Kier molecular flexibility index (Phi) is 14.2. The first-order chi connectivity index (χ1) is 15.8. The molecule has 3 nitrogen and oxygen atoms in total. The number of nitrogens with zero attached hydrogens (tertiary/aromatic N) is 2. The van der Waals surface area contributed by atoms with E-state index >= 15 is 0 Å². The number of benzene rings is 1. The number of rotatable bonds is 18. The van der Waals surface area contributed by atoms with Crippen LogP contribution in [0.5, 0.6) is 5.75 Å². The quantitative estimate of drug-likeness (QED) is 0.173. The number of aromatic nitrogens is 2. The molecule has 0 atom stereocenters. The molecule has 3 heteroatoms. The molecule has 0 spiro atoms. The van der Waals surface area contributed by atoms with Crippen LogP contribution in [0, 0.1) is 0 Å². The van der Waals surface area contributed by atoms with Crippen molar-refractivity contribution in [2.24, 2.45) is 0 Å². The van der Waals surface area contributed by atoms with Crippen molar-refractivity contribution in [1.82, 2.24) is 9.97 Å². The molecular formula is C29H44N2O. The van der Waals surface area contributed by atoms with Crippen LogP contribution in [0.1, 0.15) is 103 Å². The van der Waals surface area contributed by atoms with Gasteiger partial charge in [0.1, 0.15) is 5.75 Å². The summed E-state index contributed by atoms with van der Waals surface area (Å²) in [5.74, 6) is 1.71. The van der Waals surface area contributed by atoms with Gasteiger partial charge < -0.3 is 4.74 Å². The molecule has 0 saturated carbocycles. The van der Waals surface area contributed by atoms with Gasteiger partial charge in [-0.3, -0.25) is 0 Å². The number of hydrogen-bond donors (Lipinski definition) is 0. The van der Waals surface area contributed by atoms with E-state index in [1.165, 1.54) is 82.6 Å². The molecule has 0 unspecified atom stereocenters. The molecule has 0 bridgehead atoms. The molecule has 2 rings (SSSR count). The molecule has 1 aromatic heterocycles. The van der Waals surface area contributed by atoms with Gasteiger partial charge in [-0.25, -0.2) is 9.97 Å². The standard InChI is InChI=1S/C29H44N2O/c1-3-5-7-9-11-12-13-15-17-23-32-28-21-19-27(20-22-28)29-30-24-26(25-31-29)18-16-14-10-8-6-4-2/h7,9,19-22,24-25H,3-6,8,10-18,23H2,1-2H3/b9-7-. The minimum absolute atomic E-state index is 0.786. The lowest BCUT2D eigenvalue weighted by atomic mass is 10.1. The molecular weight excluding hydrogens is 392 g/mol. The summed E-state index contributed by atoms with van der Waals surface area (Å²) < 4.78 is 5.90. The van der Waals surface area contributed by atoms with Gasteiger partial charge in [0.15, 0.2) is 5.82 Å². The Bertz CT molecular complexity index is 722. The Labute approximate surface area is 196 Å². The summed E-state index contributed by atoms with van der Waals surface area (Å²) >= 11 is 0. The van der Waals surface area contributed by atoms with Gasteiger partial charge in [0, 0.05) is 18.0 Å². The van der Waals surface area contributed by atoms with Gasteiger partial charge >= 0.3 is 0 Å². The number of unbranched alkanes of at least 4 members (excludes halogenated alkanes) is 10. The zero-order valence-electron chi connectivity index (χ0n) is 20.5. The highest BCUT2D eigenvalue weighted by Gasteiger charge is 2.03. The minimum Gasteiger partial charge on any atom is -0.494 e. The van der Waals surface area contributed by atoms with Crippen LogP contribution in [0.25, 0.3) is 11.4 Å². The second kappa shape index (κ2) is 17.4. The van der Waals surface area contributed by atoms with Crippen molar-refractivity contribution in [2.45, 2.75) is 104 Å². The number of ether oxygens (including phenoxy) is 1. The third-order valence-electron chi connectivity index (χ3n) is 5.79. The Morgan fingerprint density at radius 3 is 2.09 bits per heavy atom. The predicted molar refractivity (Wildman–Crippen MR) is 137 cm³/mol. The fraction of sp³-hybridized carbons (Fsp3) is 0.586. The van der Waals surface area contributed by atoms with Crippen LogP contribution in [0.15, 0.2) is 48.8 Å². The molecule has 1 aromatic carbocycles. The summed E-state index contributed by atoms with van der Waals surface area (Å²) in [5.41, 5.74) is 2.28. The van der Waals surface area contributed by atoms with Gasteiger partial charge in [0.05, 0.1) is 6.61 Å². The highest BCUT2D eigenvalue weighted by Crippen LogP contribution is 2.20. The largest absolute Gasteiger partial charge is 0.494 e. The number of aryl methyl sites for hydroxylation is 1. The average Bonchev–Trinajstić information content (AvgIpc) is 2.83. The van der Waals surface area contributed by atoms with Gasteiger partial charge in [-0.1, -0.05) is 77.4 Å². The van der Waals surface area contributed by atoms with E-state index in [0.717, 1.165) is 36.6 Å². The van der Waals surface area contributed by atoms with Crippen LogP contribution < -0.4 is 4.74 Å². The Hall–Kier alpha value is -2.16. The molecule has 0 saturated heterocycles. The summed E-state index contributed by atoms with van der Waals surface area (Å²) in [6, 6.07) is 8.17. The van der Waals surface area contributed by atoms with Crippen LogP contribution in [0.4, 0.5) is 0 Å². The van der Waals surface area contributed by atoms with Crippen molar-refractivity contribution in [3.05, 3.63) is 54.4 Å². The first-order valence-electron chi connectivity index (χ1n) is 13.0. The van der Waals surface area contributed by atoms with Gasteiger partial charge in [0.2, 0.25) is 0 Å². The summed E-state index contributed by atoms with van der Waals surface area (Å²) in [4.78, 5) is 9.16. The number of allylic oxidation sites excluding steroid dienone is 2. The summed E-state index contributed by atoms with van der Waals surface area (Å²) in [7, 11) is 0. The van der Waals surface area contributed by atoms with E-state index in [2.05, 4.69) is 48.1 Å². The van der Waals surface area contributed by atoms with Crippen LogP contribution in [0.2, 0.25) is 0 Å². The van der Waals surface area contributed by atoms with Crippen LogP contribution in [-0.4, -0.2) is 16.6 Å². The van der Waals surface area contributed by atoms with Crippen LogP contribution in [-0.2, 0) is 6.42 Å². The van der Waals surface area contributed by atoms with Crippen molar-refractivity contribution in [1.29, 1.82) is 0 Å². The number of hydrogen-bond acceptors (Lipinski definition) is 3. The molecule has 0 N–H and O–H groups in total.